The van der Waals surface area contributed by atoms with Gasteiger partial charge in [-0.15, -0.1) is 0 Å². The van der Waals surface area contributed by atoms with Crippen molar-refractivity contribution in [2.24, 2.45) is 7.05 Å². The second-order valence-corrected chi connectivity index (χ2v) is 6.99. The lowest BCUT2D eigenvalue weighted by molar-refractivity contribution is 0.0726. The van der Waals surface area contributed by atoms with Gasteiger partial charge in [-0.3, -0.25) is 4.79 Å². The number of halogens is 2. The van der Waals surface area contributed by atoms with E-state index in [0.717, 1.165) is 19.4 Å². The van der Waals surface area contributed by atoms with Gasteiger partial charge in [0.15, 0.2) is 0 Å². The Kier molecular flexibility index (Phi) is 4.43. The normalized spacial score (nSPS) is 17.8. The third-order valence-corrected chi connectivity index (χ3v) is 5.61. The number of likely N-dealkylation sites (tertiary alicyclic amines) is 1. The van der Waals surface area contributed by atoms with Crippen molar-refractivity contribution in [1.82, 2.24) is 9.47 Å². The topological polar surface area (TPSA) is 25.2 Å². The third-order valence-electron chi connectivity index (χ3n) is 4.76. The maximum absolute atomic E-state index is 13.0. The van der Waals surface area contributed by atoms with Gasteiger partial charge in [-0.1, -0.05) is 41.4 Å². The number of carbonyl (C=O) groups is 1. The molecule has 1 aliphatic heterocycles. The predicted octanol–water partition coefficient (Wildman–Crippen LogP) is 4.93. The van der Waals surface area contributed by atoms with Crippen LogP contribution in [0.1, 0.15) is 46.1 Å². The molecular weight excluding hydrogens is 331 g/mol. The Morgan fingerprint density at radius 2 is 1.91 bits per heavy atom. The number of hydrogen-bond acceptors (Lipinski definition) is 1. The van der Waals surface area contributed by atoms with E-state index < -0.39 is 0 Å². The van der Waals surface area contributed by atoms with E-state index >= 15 is 0 Å². The number of amides is 1. The fourth-order valence-electron chi connectivity index (χ4n) is 3.22. The van der Waals surface area contributed by atoms with Crippen molar-refractivity contribution in [1.29, 1.82) is 0 Å². The number of carbonyl (C=O) groups excluding carboxylic acids is 1. The highest BCUT2D eigenvalue weighted by Crippen LogP contribution is 2.35. The van der Waals surface area contributed by atoms with E-state index in [0.29, 0.717) is 15.9 Å². The molecule has 1 fully saturated rings. The van der Waals surface area contributed by atoms with Gasteiger partial charge in [-0.05, 0) is 49.4 Å². The molecule has 1 aromatic heterocycles. The maximum Gasteiger partial charge on any atom is 0.271 e. The minimum atomic E-state index is -0.0120. The van der Waals surface area contributed by atoms with Crippen molar-refractivity contribution in [3.8, 4) is 0 Å². The Hall–Kier alpha value is -1.45. The van der Waals surface area contributed by atoms with Crippen LogP contribution < -0.4 is 0 Å². The van der Waals surface area contributed by atoms with Gasteiger partial charge >= 0.3 is 0 Å². The van der Waals surface area contributed by atoms with Crippen LogP contribution in [0.3, 0.4) is 0 Å². The second kappa shape index (κ2) is 6.21. The van der Waals surface area contributed by atoms with Gasteiger partial charge in [0.2, 0.25) is 0 Å². The van der Waals surface area contributed by atoms with Crippen LogP contribution in [0.15, 0.2) is 24.3 Å². The molecule has 1 unspecified atom stereocenters. The maximum atomic E-state index is 13.0. The van der Waals surface area contributed by atoms with Crippen molar-refractivity contribution >= 4 is 29.1 Å². The van der Waals surface area contributed by atoms with E-state index in [1.54, 1.807) is 17.7 Å². The number of aryl methyl sites for hydroxylation is 2. The third kappa shape index (κ3) is 2.88. The Bertz CT molecular complexity index is 767. The monoisotopic (exact) mass is 350 g/mol. The molecule has 0 spiro atoms. The first kappa shape index (κ1) is 16.4. The summed E-state index contributed by atoms with van der Waals surface area (Å²) < 4.78 is 1.65. The minimum Gasteiger partial charge on any atom is -0.330 e. The van der Waals surface area contributed by atoms with Crippen LogP contribution in [0.2, 0.25) is 10.2 Å². The van der Waals surface area contributed by atoms with Crippen LogP contribution in [-0.2, 0) is 7.05 Å². The average molecular weight is 351 g/mol. The molecule has 0 radical (unpaired) electrons. The molecule has 1 aromatic carbocycles. The minimum absolute atomic E-state index is 0.0120. The summed E-state index contributed by atoms with van der Waals surface area (Å²) >= 11 is 12.2. The molecule has 1 saturated heterocycles. The number of nitrogens with zero attached hydrogens (tertiary/aromatic N) is 2. The fraction of sp³-hybridized carbons (Fsp3) is 0.389. The van der Waals surface area contributed by atoms with Gasteiger partial charge < -0.3 is 9.47 Å². The van der Waals surface area contributed by atoms with E-state index in [9.17, 15) is 4.79 Å². The van der Waals surface area contributed by atoms with Crippen LogP contribution in [0.25, 0.3) is 0 Å². The molecule has 0 bridgehead atoms. The summed E-state index contributed by atoms with van der Waals surface area (Å²) in [5.41, 5.74) is 4.26. The molecule has 3 nitrogen and oxygen atoms in total. The highest BCUT2D eigenvalue weighted by molar-refractivity contribution is 6.41. The van der Waals surface area contributed by atoms with Crippen LogP contribution in [-0.4, -0.2) is 21.9 Å². The summed E-state index contributed by atoms with van der Waals surface area (Å²) in [6, 6.07) is 8.22. The summed E-state index contributed by atoms with van der Waals surface area (Å²) in [6.45, 7) is 4.97. The van der Waals surface area contributed by atoms with Gasteiger partial charge in [0, 0.05) is 13.6 Å². The average Bonchev–Trinajstić information content (AvgIpc) is 3.10. The Balaban J connectivity index is 1.93. The quantitative estimate of drug-likeness (QED) is 0.753. The van der Waals surface area contributed by atoms with Crippen molar-refractivity contribution in [2.45, 2.75) is 32.7 Å². The summed E-state index contributed by atoms with van der Waals surface area (Å²) in [6.07, 6.45) is 2.00. The summed E-state index contributed by atoms with van der Waals surface area (Å²) in [4.78, 5) is 14.9. The number of rotatable bonds is 2. The Labute approximate surface area is 146 Å². The van der Waals surface area contributed by atoms with Gasteiger partial charge in [-0.25, -0.2) is 0 Å². The summed E-state index contributed by atoms with van der Waals surface area (Å²) in [7, 11) is 1.77. The van der Waals surface area contributed by atoms with E-state index in [4.69, 9.17) is 23.2 Å². The molecule has 0 aliphatic carbocycles. The Morgan fingerprint density at radius 1 is 1.17 bits per heavy atom. The lowest BCUT2D eigenvalue weighted by atomic mass is 9.99. The van der Waals surface area contributed by atoms with Crippen LogP contribution >= 0.6 is 23.2 Å². The first-order valence-corrected chi connectivity index (χ1v) is 8.54. The molecule has 1 aliphatic rings. The molecule has 122 valence electrons. The van der Waals surface area contributed by atoms with Gasteiger partial charge in [-0.2, -0.15) is 0 Å². The molecular formula is C18H20Cl2N2O. The second-order valence-electron chi connectivity index (χ2n) is 6.23. The molecule has 0 saturated carbocycles. The van der Waals surface area contributed by atoms with Gasteiger partial charge in [0.1, 0.15) is 10.8 Å². The molecule has 0 N–H and O–H groups in total. The zero-order chi connectivity index (χ0) is 16.7. The summed E-state index contributed by atoms with van der Waals surface area (Å²) in [5.74, 6) is -0.0120. The van der Waals surface area contributed by atoms with Gasteiger partial charge in [0.05, 0.1) is 11.1 Å². The molecule has 2 heterocycles. The zero-order valence-corrected chi connectivity index (χ0v) is 15.1. The van der Waals surface area contributed by atoms with Crippen LogP contribution in [0, 0.1) is 13.8 Å². The molecule has 1 atom stereocenters. The number of benzene rings is 1. The van der Waals surface area contributed by atoms with E-state index in [1.165, 1.54) is 16.7 Å². The van der Waals surface area contributed by atoms with Crippen molar-refractivity contribution in [3.63, 3.8) is 0 Å². The fourth-order valence-corrected chi connectivity index (χ4v) is 3.60. The summed E-state index contributed by atoms with van der Waals surface area (Å²) in [5, 5.41) is 0.816. The van der Waals surface area contributed by atoms with Crippen molar-refractivity contribution in [2.75, 3.05) is 6.54 Å². The van der Waals surface area contributed by atoms with Gasteiger partial charge in [0.25, 0.3) is 5.91 Å². The molecule has 23 heavy (non-hydrogen) atoms. The highest BCUT2D eigenvalue weighted by atomic mass is 35.5. The first-order valence-electron chi connectivity index (χ1n) is 7.79. The van der Waals surface area contributed by atoms with E-state index in [2.05, 4.69) is 32.0 Å². The first-order chi connectivity index (χ1) is 10.9. The van der Waals surface area contributed by atoms with Crippen molar-refractivity contribution in [3.05, 3.63) is 56.8 Å². The van der Waals surface area contributed by atoms with Crippen LogP contribution in [0.5, 0.6) is 0 Å². The molecule has 1 amide bonds. The van der Waals surface area contributed by atoms with Crippen molar-refractivity contribution < 1.29 is 4.79 Å². The standard InChI is InChI=1S/C18H20Cl2N2O/c1-11-6-7-13(9-12(11)2)15-5-4-8-22(15)18(23)16-10-14(19)17(20)21(16)3/h6-7,9-10,15H,4-5,8H2,1-3H3. The largest absolute Gasteiger partial charge is 0.330 e. The highest BCUT2D eigenvalue weighted by Gasteiger charge is 2.32. The molecule has 2 aromatic rings. The zero-order valence-electron chi connectivity index (χ0n) is 13.6. The molecule has 5 heteroatoms. The molecule has 3 rings (SSSR count). The number of aromatic nitrogens is 1. The van der Waals surface area contributed by atoms with Crippen LogP contribution in [0.4, 0.5) is 0 Å². The number of hydrogen-bond donors (Lipinski definition) is 0. The SMILES string of the molecule is Cc1ccc(C2CCCN2C(=O)c2cc(Cl)c(Cl)n2C)cc1C. The Morgan fingerprint density at radius 3 is 2.52 bits per heavy atom. The van der Waals surface area contributed by atoms with E-state index in [-0.39, 0.29) is 11.9 Å². The predicted molar refractivity (Wildman–Crippen MR) is 94.4 cm³/mol. The van der Waals surface area contributed by atoms with E-state index in [1.807, 2.05) is 4.90 Å². The smallest absolute Gasteiger partial charge is 0.271 e. The lowest BCUT2D eigenvalue weighted by Gasteiger charge is -2.26. The lowest BCUT2D eigenvalue weighted by Crippen LogP contribution is -2.31.